The number of hydrogen-bond donors (Lipinski definition) is 0. The van der Waals surface area contributed by atoms with Crippen molar-refractivity contribution < 1.29 is 8.42 Å². The van der Waals surface area contributed by atoms with Gasteiger partial charge < -0.3 is 0 Å². The summed E-state index contributed by atoms with van der Waals surface area (Å²) in [6, 6.07) is 14.4. The molecule has 4 nitrogen and oxygen atoms in total. The first-order valence-corrected chi connectivity index (χ1v) is 9.84. The van der Waals surface area contributed by atoms with Crippen LogP contribution in [0.1, 0.15) is 18.9 Å². The fraction of sp³-hybridized carbons (Fsp3) is 0.389. The minimum absolute atomic E-state index is 0.153. The van der Waals surface area contributed by atoms with Crippen LogP contribution in [-0.2, 0) is 16.4 Å². The lowest BCUT2D eigenvalue weighted by Gasteiger charge is -2.26. The van der Waals surface area contributed by atoms with E-state index in [-0.39, 0.29) is 6.04 Å². The summed E-state index contributed by atoms with van der Waals surface area (Å²) < 4.78 is 23.4. The number of rotatable bonds is 5. The van der Waals surface area contributed by atoms with Crippen LogP contribution in [0, 0.1) is 0 Å². The lowest BCUT2D eigenvalue weighted by Crippen LogP contribution is -2.35. The van der Waals surface area contributed by atoms with Crippen molar-refractivity contribution in [2.75, 3.05) is 18.1 Å². The largest absolute Gasteiger partial charge is 0.295 e. The fourth-order valence-corrected chi connectivity index (χ4v) is 4.87. The normalized spacial score (nSPS) is 20.0. The Kier molecular flexibility index (Phi) is 4.78. The summed E-state index contributed by atoms with van der Waals surface area (Å²) in [5, 5.41) is 0. The zero-order valence-corrected chi connectivity index (χ0v) is 14.2. The molecule has 1 aromatic heterocycles. The molecular weight excluding hydrogens is 308 g/mol. The van der Waals surface area contributed by atoms with E-state index in [1.807, 2.05) is 18.2 Å². The molecule has 0 aliphatic carbocycles. The van der Waals surface area contributed by atoms with Gasteiger partial charge >= 0.3 is 0 Å². The zero-order chi connectivity index (χ0) is 16.3. The van der Waals surface area contributed by atoms with Crippen molar-refractivity contribution in [3.05, 3.63) is 54.2 Å². The quantitative estimate of drug-likeness (QED) is 0.846. The summed E-state index contributed by atoms with van der Waals surface area (Å²) in [7, 11) is -2.84. The predicted octanol–water partition coefficient (Wildman–Crippen LogP) is 2.76. The molecule has 0 spiro atoms. The molecule has 122 valence electrons. The highest BCUT2D eigenvalue weighted by atomic mass is 32.2. The fourth-order valence-electron chi connectivity index (χ4n) is 3.11. The van der Waals surface area contributed by atoms with E-state index in [1.165, 1.54) is 5.56 Å². The molecule has 1 atom stereocenters. The summed E-state index contributed by atoms with van der Waals surface area (Å²) in [4.78, 5) is 6.62. The first-order chi connectivity index (χ1) is 11.1. The maximum atomic E-state index is 11.7. The Morgan fingerprint density at radius 2 is 1.96 bits per heavy atom. The first kappa shape index (κ1) is 16.1. The Morgan fingerprint density at radius 3 is 2.52 bits per heavy atom. The van der Waals surface area contributed by atoms with Crippen LogP contribution >= 0.6 is 0 Å². The molecule has 1 fully saturated rings. The lowest BCUT2D eigenvalue weighted by molar-refractivity contribution is 0.215. The summed E-state index contributed by atoms with van der Waals surface area (Å²) in [6.07, 6.45) is 2.55. The lowest BCUT2D eigenvalue weighted by atomic mass is 10.1. The van der Waals surface area contributed by atoms with E-state index in [2.05, 4.69) is 41.1 Å². The van der Waals surface area contributed by atoms with Gasteiger partial charge in [0.2, 0.25) is 0 Å². The molecule has 0 amide bonds. The Hall–Kier alpha value is -1.72. The Balaban J connectivity index is 1.70. The highest BCUT2D eigenvalue weighted by Crippen LogP contribution is 2.21. The molecule has 2 aromatic rings. The second kappa shape index (κ2) is 6.81. The molecule has 0 unspecified atom stereocenters. The molecule has 0 N–H and O–H groups in total. The molecule has 5 heteroatoms. The topological polar surface area (TPSA) is 50.3 Å². The van der Waals surface area contributed by atoms with Crippen molar-refractivity contribution in [1.82, 2.24) is 9.88 Å². The smallest absolute Gasteiger partial charge is 0.151 e. The van der Waals surface area contributed by atoms with Gasteiger partial charge in [0.1, 0.15) is 0 Å². The standard InChI is InChI=1S/C18H22N2O2S/c1-2-20(17-10-12-23(21,22)14-17)13-15-6-8-16(9-7-15)18-5-3-4-11-19-18/h3-9,11,17H,2,10,12-14H2,1H3/t17-/m1/s1. The van der Waals surface area contributed by atoms with Crippen molar-refractivity contribution in [3.63, 3.8) is 0 Å². The summed E-state index contributed by atoms with van der Waals surface area (Å²) in [5.74, 6) is 0.625. The highest BCUT2D eigenvalue weighted by molar-refractivity contribution is 7.91. The van der Waals surface area contributed by atoms with E-state index in [0.717, 1.165) is 30.8 Å². The van der Waals surface area contributed by atoms with E-state index in [4.69, 9.17) is 0 Å². The Labute approximate surface area is 138 Å². The van der Waals surface area contributed by atoms with E-state index in [1.54, 1.807) is 6.20 Å². The first-order valence-electron chi connectivity index (χ1n) is 8.02. The van der Waals surface area contributed by atoms with Gasteiger partial charge in [-0.3, -0.25) is 9.88 Å². The average molecular weight is 330 g/mol. The third-order valence-electron chi connectivity index (χ3n) is 4.43. The molecule has 1 aromatic carbocycles. The van der Waals surface area contributed by atoms with Crippen molar-refractivity contribution in [1.29, 1.82) is 0 Å². The Morgan fingerprint density at radius 1 is 1.17 bits per heavy atom. The van der Waals surface area contributed by atoms with E-state index < -0.39 is 9.84 Å². The van der Waals surface area contributed by atoms with Gasteiger partial charge in [-0.2, -0.15) is 0 Å². The minimum Gasteiger partial charge on any atom is -0.295 e. The van der Waals surface area contributed by atoms with Crippen LogP contribution in [0.3, 0.4) is 0 Å². The summed E-state index contributed by atoms with van der Waals surface area (Å²) in [6.45, 7) is 3.74. The molecule has 1 aliphatic heterocycles. The molecule has 0 bridgehead atoms. The van der Waals surface area contributed by atoms with Gasteiger partial charge in [0.05, 0.1) is 17.2 Å². The Bertz CT molecular complexity index is 742. The van der Waals surface area contributed by atoms with Crippen LogP contribution in [0.25, 0.3) is 11.3 Å². The van der Waals surface area contributed by atoms with Crippen molar-refractivity contribution >= 4 is 9.84 Å². The number of nitrogens with zero attached hydrogens (tertiary/aromatic N) is 2. The van der Waals surface area contributed by atoms with Crippen LogP contribution in [0.15, 0.2) is 48.7 Å². The minimum atomic E-state index is -2.84. The van der Waals surface area contributed by atoms with Crippen molar-refractivity contribution in [2.45, 2.75) is 25.9 Å². The molecule has 0 radical (unpaired) electrons. The van der Waals surface area contributed by atoms with Gasteiger partial charge in [0.15, 0.2) is 9.84 Å². The molecule has 1 saturated heterocycles. The van der Waals surface area contributed by atoms with Crippen LogP contribution < -0.4 is 0 Å². The second-order valence-corrected chi connectivity index (χ2v) is 8.26. The molecule has 1 aliphatic rings. The molecule has 2 heterocycles. The van der Waals surface area contributed by atoms with Gasteiger partial charge in [0, 0.05) is 24.3 Å². The van der Waals surface area contributed by atoms with Gasteiger partial charge in [-0.1, -0.05) is 37.3 Å². The van der Waals surface area contributed by atoms with Crippen LogP contribution in [0.5, 0.6) is 0 Å². The number of aromatic nitrogens is 1. The highest BCUT2D eigenvalue weighted by Gasteiger charge is 2.31. The number of hydrogen-bond acceptors (Lipinski definition) is 4. The van der Waals surface area contributed by atoms with Gasteiger partial charge in [-0.15, -0.1) is 0 Å². The zero-order valence-electron chi connectivity index (χ0n) is 13.4. The third-order valence-corrected chi connectivity index (χ3v) is 6.18. The van der Waals surface area contributed by atoms with Crippen LogP contribution in [0.2, 0.25) is 0 Å². The van der Waals surface area contributed by atoms with Gasteiger partial charge in [0.25, 0.3) is 0 Å². The average Bonchev–Trinajstić information content (AvgIpc) is 2.94. The van der Waals surface area contributed by atoms with Crippen LogP contribution in [-0.4, -0.2) is 42.4 Å². The summed E-state index contributed by atoms with van der Waals surface area (Å²) in [5.41, 5.74) is 3.27. The SMILES string of the molecule is CCN(Cc1ccc(-c2ccccn2)cc1)[C@@H]1CCS(=O)(=O)C1. The maximum Gasteiger partial charge on any atom is 0.151 e. The van der Waals surface area contributed by atoms with E-state index >= 15 is 0 Å². The van der Waals surface area contributed by atoms with Gasteiger partial charge in [-0.25, -0.2) is 8.42 Å². The van der Waals surface area contributed by atoms with Crippen LogP contribution in [0.4, 0.5) is 0 Å². The molecule has 23 heavy (non-hydrogen) atoms. The second-order valence-electron chi connectivity index (χ2n) is 6.03. The third kappa shape index (κ3) is 3.98. The molecular formula is C18H22N2O2S. The number of benzene rings is 1. The van der Waals surface area contributed by atoms with Crippen molar-refractivity contribution in [3.8, 4) is 11.3 Å². The molecule has 0 saturated carbocycles. The summed E-state index contributed by atoms with van der Waals surface area (Å²) >= 11 is 0. The van der Waals surface area contributed by atoms with E-state index in [0.29, 0.717) is 11.5 Å². The van der Waals surface area contributed by atoms with Crippen molar-refractivity contribution in [2.24, 2.45) is 0 Å². The number of sulfone groups is 1. The predicted molar refractivity (Wildman–Crippen MR) is 92.8 cm³/mol. The maximum absolute atomic E-state index is 11.7. The molecule has 3 rings (SSSR count). The number of pyridine rings is 1. The van der Waals surface area contributed by atoms with Gasteiger partial charge in [-0.05, 0) is 30.7 Å². The monoisotopic (exact) mass is 330 g/mol. The van der Waals surface area contributed by atoms with E-state index in [9.17, 15) is 8.42 Å².